The van der Waals surface area contributed by atoms with Crippen LogP contribution >= 0.6 is 0 Å². The third-order valence-corrected chi connectivity index (χ3v) is 4.01. The van der Waals surface area contributed by atoms with E-state index < -0.39 is 0 Å². The van der Waals surface area contributed by atoms with Crippen LogP contribution in [0.4, 0.5) is 0 Å². The highest BCUT2D eigenvalue weighted by atomic mass is 14.9. The molecule has 0 fully saturated rings. The van der Waals surface area contributed by atoms with Gasteiger partial charge < -0.3 is 5.32 Å². The fraction of sp³-hybridized carbons (Fsp3) is 0.684. The van der Waals surface area contributed by atoms with E-state index in [0.29, 0.717) is 12.1 Å². The van der Waals surface area contributed by atoms with Crippen molar-refractivity contribution in [3.05, 3.63) is 35.4 Å². The molecule has 1 N–H and O–H groups in total. The summed E-state index contributed by atoms with van der Waals surface area (Å²) in [5, 5.41) is 3.71. The number of rotatable bonds is 9. The third kappa shape index (κ3) is 6.56. The third-order valence-electron chi connectivity index (χ3n) is 4.01. The number of benzene rings is 1. The Kier molecular flexibility index (Phi) is 7.91. The average molecular weight is 275 g/mol. The zero-order valence-electron chi connectivity index (χ0n) is 14.1. The standard InChI is InChI=1S/C19H33N/c1-6-7-8-18-11-13-19(14-12-18)17(5)20-16(4)10-9-15(2)3/h11-17,20H,6-10H2,1-5H3. The summed E-state index contributed by atoms with van der Waals surface area (Å²) < 4.78 is 0. The van der Waals surface area contributed by atoms with Crippen molar-refractivity contribution >= 4 is 0 Å². The van der Waals surface area contributed by atoms with E-state index in [4.69, 9.17) is 0 Å². The second kappa shape index (κ2) is 9.18. The van der Waals surface area contributed by atoms with Gasteiger partial charge in [0.25, 0.3) is 0 Å². The lowest BCUT2D eigenvalue weighted by atomic mass is 10.0. The molecule has 1 rings (SSSR count). The van der Waals surface area contributed by atoms with E-state index in [0.717, 1.165) is 5.92 Å². The van der Waals surface area contributed by atoms with Crippen molar-refractivity contribution in [2.75, 3.05) is 0 Å². The summed E-state index contributed by atoms with van der Waals surface area (Å²) in [7, 11) is 0. The maximum atomic E-state index is 3.71. The first-order chi connectivity index (χ1) is 9.52. The molecule has 0 bridgehead atoms. The van der Waals surface area contributed by atoms with Gasteiger partial charge in [0.2, 0.25) is 0 Å². The molecule has 0 amide bonds. The molecule has 0 saturated carbocycles. The summed E-state index contributed by atoms with van der Waals surface area (Å²) in [5.74, 6) is 0.799. The molecule has 0 aliphatic carbocycles. The zero-order valence-corrected chi connectivity index (χ0v) is 14.1. The van der Waals surface area contributed by atoms with Gasteiger partial charge in [0.05, 0.1) is 0 Å². The molecular weight excluding hydrogens is 242 g/mol. The highest BCUT2D eigenvalue weighted by molar-refractivity contribution is 5.24. The Bertz CT molecular complexity index is 353. The van der Waals surface area contributed by atoms with Crippen LogP contribution in [0.25, 0.3) is 0 Å². The van der Waals surface area contributed by atoms with Crippen molar-refractivity contribution in [1.82, 2.24) is 5.32 Å². The maximum absolute atomic E-state index is 3.71. The number of unbranched alkanes of at least 4 members (excludes halogenated alkanes) is 1. The Morgan fingerprint density at radius 3 is 2.15 bits per heavy atom. The molecule has 0 saturated heterocycles. The SMILES string of the molecule is CCCCc1ccc(C(C)NC(C)CCC(C)C)cc1. The second-order valence-corrected chi connectivity index (χ2v) is 6.61. The molecule has 114 valence electrons. The minimum atomic E-state index is 0.442. The summed E-state index contributed by atoms with van der Waals surface area (Å²) in [5.41, 5.74) is 2.87. The van der Waals surface area contributed by atoms with Crippen molar-refractivity contribution in [1.29, 1.82) is 0 Å². The molecule has 0 heterocycles. The first-order valence-electron chi connectivity index (χ1n) is 8.37. The van der Waals surface area contributed by atoms with E-state index in [2.05, 4.69) is 64.2 Å². The zero-order chi connectivity index (χ0) is 15.0. The molecule has 1 nitrogen and oxygen atoms in total. The predicted octanol–water partition coefficient (Wildman–Crippen LogP) is 5.50. The Morgan fingerprint density at radius 2 is 1.60 bits per heavy atom. The van der Waals surface area contributed by atoms with Gasteiger partial charge in [-0.25, -0.2) is 0 Å². The smallest absolute Gasteiger partial charge is 0.0294 e. The van der Waals surface area contributed by atoms with Gasteiger partial charge in [-0.15, -0.1) is 0 Å². The normalized spacial score (nSPS) is 14.5. The maximum Gasteiger partial charge on any atom is 0.0294 e. The average Bonchev–Trinajstić information content (AvgIpc) is 2.43. The topological polar surface area (TPSA) is 12.0 Å². The molecule has 0 radical (unpaired) electrons. The summed E-state index contributed by atoms with van der Waals surface area (Å²) in [6.07, 6.45) is 6.34. The summed E-state index contributed by atoms with van der Waals surface area (Å²) in [4.78, 5) is 0. The molecule has 0 aliphatic rings. The van der Waals surface area contributed by atoms with Crippen molar-refractivity contribution < 1.29 is 0 Å². The van der Waals surface area contributed by atoms with Crippen molar-refractivity contribution in [2.45, 2.75) is 78.8 Å². The number of nitrogens with one attached hydrogen (secondary N) is 1. The van der Waals surface area contributed by atoms with Crippen LogP contribution in [0.5, 0.6) is 0 Å². The van der Waals surface area contributed by atoms with Crippen LogP contribution in [0, 0.1) is 5.92 Å². The molecule has 0 aliphatic heterocycles. The fourth-order valence-corrected chi connectivity index (χ4v) is 2.54. The van der Waals surface area contributed by atoms with Crippen LogP contribution < -0.4 is 5.32 Å². The quantitative estimate of drug-likeness (QED) is 0.627. The Balaban J connectivity index is 2.44. The Labute approximate surface area is 126 Å². The first kappa shape index (κ1) is 17.2. The van der Waals surface area contributed by atoms with Gasteiger partial charge in [0.15, 0.2) is 0 Å². The van der Waals surface area contributed by atoms with Gasteiger partial charge in [0, 0.05) is 12.1 Å². The van der Waals surface area contributed by atoms with Gasteiger partial charge in [0.1, 0.15) is 0 Å². The van der Waals surface area contributed by atoms with E-state index in [1.165, 1.54) is 43.2 Å². The summed E-state index contributed by atoms with van der Waals surface area (Å²) >= 11 is 0. The molecule has 1 aromatic rings. The van der Waals surface area contributed by atoms with E-state index in [-0.39, 0.29) is 0 Å². The Morgan fingerprint density at radius 1 is 0.950 bits per heavy atom. The highest BCUT2D eigenvalue weighted by Crippen LogP contribution is 2.17. The van der Waals surface area contributed by atoms with Gasteiger partial charge >= 0.3 is 0 Å². The van der Waals surface area contributed by atoms with E-state index >= 15 is 0 Å². The van der Waals surface area contributed by atoms with Crippen LogP contribution in [-0.2, 0) is 6.42 Å². The minimum Gasteiger partial charge on any atom is -0.308 e. The van der Waals surface area contributed by atoms with Crippen LogP contribution in [0.3, 0.4) is 0 Å². The monoisotopic (exact) mass is 275 g/mol. The minimum absolute atomic E-state index is 0.442. The van der Waals surface area contributed by atoms with E-state index in [1.807, 2.05) is 0 Å². The highest BCUT2D eigenvalue weighted by Gasteiger charge is 2.10. The number of hydrogen-bond donors (Lipinski definition) is 1. The van der Waals surface area contributed by atoms with Crippen molar-refractivity contribution in [3.8, 4) is 0 Å². The van der Waals surface area contributed by atoms with E-state index in [9.17, 15) is 0 Å². The Hall–Kier alpha value is -0.820. The van der Waals surface area contributed by atoms with Crippen LogP contribution in [-0.4, -0.2) is 6.04 Å². The summed E-state index contributed by atoms with van der Waals surface area (Å²) in [6.45, 7) is 11.4. The predicted molar refractivity (Wildman–Crippen MR) is 90.1 cm³/mol. The second-order valence-electron chi connectivity index (χ2n) is 6.61. The fourth-order valence-electron chi connectivity index (χ4n) is 2.54. The van der Waals surface area contributed by atoms with Crippen LogP contribution in [0.2, 0.25) is 0 Å². The van der Waals surface area contributed by atoms with E-state index in [1.54, 1.807) is 0 Å². The number of hydrogen-bond acceptors (Lipinski definition) is 1. The largest absolute Gasteiger partial charge is 0.308 e. The van der Waals surface area contributed by atoms with Crippen molar-refractivity contribution in [3.63, 3.8) is 0 Å². The van der Waals surface area contributed by atoms with Crippen molar-refractivity contribution in [2.24, 2.45) is 5.92 Å². The molecule has 2 atom stereocenters. The molecule has 2 unspecified atom stereocenters. The lowest BCUT2D eigenvalue weighted by Crippen LogP contribution is -2.29. The summed E-state index contributed by atoms with van der Waals surface area (Å²) in [6, 6.07) is 10.2. The molecule has 0 spiro atoms. The van der Waals surface area contributed by atoms with Gasteiger partial charge in [-0.1, -0.05) is 51.5 Å². The molecular formula is C19H33N. The molecule has 0 aromatic heterocycles. The molecule has 1 heteroatoms. The van der Waals surface area contributed by atoms with Crippen LogP contribution in [0.1, 0.15) is 77.5 Å². The number of aryl methyl sites for hydroxylation is 1. The molecule has 1 aromatic carbocycles. The van der Waals surface area contributed by atoms with Crippen LogP contribution in [0.15, 0.2) is 24.3 Å². The van der Waals surface area contributed by atoms with Gasteiger partial charge in [-0.2, -0.15) is 0 Å². The van der Waals surface area contributed by atoms with Gasteiger partial charge in [-0.05, 0) is 56.6 Å². The first-order valence-corrected chi connectivity index (χ1v) is 8.37. The lowest BCUT2D eigenvalue weighted by Gasteiger charge is -2.21. The molecule has 20 heavy (non-hydrogen) atoms. The van der Waals surface area contributed by atoms with Gasteiger partial charge in [-0.3, -0.25) is 0 Å². The lowest BCUT2D eigenvalue weighted by molar-refractivity contribution is 0.417.